The highest BCUT2D eigenvalue weighted by Gasteiger charge is 2.55. The Hall–Kier alpha value is -1.23. The van der Waals surface area contributed by atoms with E-state index in [1.54, 1.807) is 22.5 Å². The summed E-state index contributed by atoms with van der Waals surface area (Å²) in [4.78, 5) is 5.49. The Kier molecular flexibility index (Phi) is 3.10. The SMILES string of the molecule is NNC(Cc1cncs1)C1C2CCc3ccccc3C21. The Bertz CT molecular complexity index is 596. The number of thiazole rings is 1. The molecule has 1 heterocycles. The van der Waals surface area contributed by atoms with Gasteiger partial charge in [0.25, 0.3) is 0 Å². The quantitative estimate of drug-likeness (QED) is 0.670. The molecule has 1 aromatic heterocycles. The topological polar surface area (TPSA) is 50.9 Å². The third-order valence-corrected chi connectivity index (χ3v) is 5.78. The van der Waals surface area contributed by atoms with Crippen LogP contribution in [0.25, 0.3) is 0 Å². The van der Waals surface area contributed by atoms with Gasteiger partial charge in [0, 0.05) is 23.5 Å². The normalized spacial score (nSPS) is 28.6. The number of fused-ring (bicyclic) bond motifs is 3. The molecule has 0 spiro atoms. The van der Waals surface area contributed by atoms with E-state index >= 15 is 0 Å². The Morgan fingerprint density at radius 2 is 2.30 bits per heavy atom. The van der Waals surface area contributed by atoms with E-state index in [0.29, 0.717) is 17.9 Å². The zero-order valence-electron chi connectivity index (χ0n) is 11.3. The summed E-state index contributed by atoms with van der Waals surface area (Å²) in [5, 5.41) is 0. The molecule has 3 nitrogen and oxygen atoms in total. The molecule has 4 rings (SSSR count). The van der Waals surface area contributed by atoms with E-state index in [4.69, 9.17) is 5.84 Å². The van der Waals surface area contributed by atoms with Gasteiger partial charge in [0.05, 0.1) is 5.51 Å². The van der Waals surface area contributed by atoms with Crippen LogP contribution in [-0.2, 0) is 12.8 Å². The van der Waals surface area contributed by atoms with Crippen LogP contribution in [0.3, 0.4) is 0 Å². The van der Waals surface area contributed by atoms with Gasteiger partial charge in [-0.2, -0.15) is 0 Å². The molecule has 4 heteroatoms. The van der Waals surface area contributed by atoms with E-state index in [2.05, 4.69) is 34.7 Å². The number of hydrazine groups is 1. The summed E-state index contributed by atoms with van der Waals surface area (Å²) in [7, 11) is 0. The molecule has 0 bridgehead atoms. The van der Waals surface area contributed by atoms with Crippen molar-refractivity contribution in [1.82, 2.24) is 10.4 Å². The summed E-state index contributed by atoms with van der Waals surface area (Å²) < 4.78 is 0. The lowest BCUT2D eigenvalue weighted by atomic mass is 9.92. The van der Waals surface area contributed by atoms with Gasteiger partial charge in [-0.15, -0.1) is 11.3 Å². The number of hydrogen-bond acceptors (Lipinski definition) is 4. The van der Waals surface area contributed by atoms with Gasteiger partial charge in [0.2, 0.25) is 0 Å². The lowest BCUT2D eigenvalue weighted by Gasteiger charge is -2.15. The highest BCUT2D eigenvalue weighted by molar-refractivity contribution is 7.09. The van der Waals surface area contributed by atoms with E-state index in [1.165, 1.54) is 17.7 Å². The molecule has 4 atom stereocenters. The summed E-state index contributed by atoms with van der Waals surface area (Å²) in [5.74, 6) is 8.06. The lowest BCUT2D eigenvalue weighted by molar-refractivity contribution is 0.443. The summed E-state index contributed by atoms with van der Waals surface area (Å²) in [6.07, 6.45) is 5.51. The molecule has 20 heavy (non-hydrogen) atoms. The van der Waals surface area contributed by atoms with Gasteiger partial charge in [-0.05, 0) is 41.7 Å². The summed E-state index contributed by atoms with van der Waals surface area (Å²) in [6.45, 7) is 0. The van der Waals surface area contributed by atoms with Crippen LogP contribution in [0.5, 0.6) is 0 Å². The predicted octanol–water partition coefficient (Wildman–Crippen LogP) is 2.49. The molecule has 2 aliphatic carbocycles. The van der Waals surface area contributed by atoms with Crippen molar-refractivity contribution in [1.29, 1.82) is 0 Å². The third-order valence-electron chi connectivity index (χ3n) is 4.97. The van der Waals surface area contributed by atoms with Gasteiger partial charge >= 0.3 is 0 Å². The molecule has 0 amide bonds. The maximum atomic E-state index is 5.84. The fourth-order valence-electron chi connectivity index (χ4n) is 4.03. The zero-order valence-corrected chi connectivity index (χ0v) is 12.1. The van der Waals surface area contributed by atoms with E-state index in [1.807, 2.05) is 11.7 Å². The summed E-state index contributed by atoms with van der Waals surface area (Å²) >= 11 is 1.72. The van der Waals surface area contributed by atoms with Gasteiger partial charge < -0.3 is 0 Å². The third kappa shape index (κ3) is 1.99. The van der Waals surface area contributed by atoms with Crippen molar-refractivity contribution in [2.24, 2.45) is 17.7 Å². The standard InChI is InChI=1S/C16H19N3S/c17-19-14(7-11-8-18-9-20-11)16-13-6-5-10-3-1-2-4-12(10)15(13)16/h1-4,8-9,13-16,19H,5-7,17H2. The van der Waals surface area contributed by atoms with Gasteiger partial charge in [0.1, 0.15) is 0 Å². The molecule has 0 radical (unpaired) electrons. The van der Waals surface area contributed by atoms with E-state index in [0.717, 1.165) is 12.3 Å². The number of hydrogen-bond donors (Lipinski definition) is 2. The molecule has 2 aliphatic rings. The van der Waals surface area contributed by atoms with Crippen molar-refractivity contribution < 1.29 is 0 Å². The van der Waals surface area contributed by atoms with Gasteiger partial charge in [-0.25, -0.2) is 0 Å². The van der Waals surface area contributed by atoms with Gasteiger partial charge in [-0.3, -0.25) is 16.3 Å². The molecular formula is C16H19N3S. The highest BCUT2D eigenvalue weighted by Crippen LogP contribution is 2.61. The number of aryl methyl sites for hydroxylation is 1. The van der Waals surface area contributed by atoms with Crippen molar-refractivity contribution in [2.45, 2.75) is 31.2 Å². The molecule has 2 aromatic rings. The summed E-state index contributed by atoms with van der Waals surface area (Å²) in [5.41, 5.74) is 8.08. The second-order valence-electron chi connectivity index (χ2n) is 5.95. The first-order chi connectivity index (χ1) is 9.88. The van der Waals surface area contributed by atoms with Crippen molar-refractivity contribution in [2.75, 3.05) is 0 Å². The van der Waals surface area contributed by atoms with Gasteiger partial charge in [-0.1, -0.05) is 24.3 Å². The Morgan fingerprint density at radius 3 is 3.10 bits per heavy atom. The number of nitrogens with two attached hydrogens (primary N) is 1. The lowest BCUT2D eigenvalue weighted by Crippen LogP contribution is -2.39. The van der Waals surface area contributed by atoms with E-state index in [9.17, 15) is 0 Å². The van der Waals surface area contributed by atoms with Crippen molar-refractivity contribution in [3.63, 3.8) is 0 Å². The number of aromatic nitrogens is 1. The smallest absolute Gasteiger partial charge is 0.0794 e. The van der Waals surface area contributed by atoms with Crippen LogP contribution in [0.2, 0.25) is 0 Å². The first kappa shape index (κ1) is 12.5. The zero-order chi connectivity index (χ0) is 13.5. The largest absolute Gasteiger partial charge is 0.271 e. The molecule has 0 aliphatic heterocycles. The van der Waals surface area contributed by atoms with Crippen LogP contribution in [0, 0.1) is 11.8 Å². The average molecular weight is 285 g/mol. The fraction of sp³-hybridized carbons (Fsp3) is 0.438. The maximum Gasteiger partial charge on any atom is 0.0794 e. The Morgan fingerprint density at radius 1 is 1.40 bits per heavy atom. The first-order valence-corrected chi connectivity index (χ1v) is 8.17. The number of nitrogens with zero attached hydrogens (tertiary/aromatic N) is 1. The van der Waals surface area contributed by atoms with Crippen molar-refractivity contribution in [3.05, 3.63) is 52.0 Å². The molecule has 3 N–H and O–H groups in total. The maximum absolute atomic E-state index is 5.84. The molecule has 1 fully saturated rings. The Balaban J connectivity index is 1.56. The van der Waals surface area contributed by atoms with Crippen molar-refractivity contribution in [3.8, 4) is 0 Å². The monoisotopic (exact) mass is 285 g/mol. The van der Waals surface area contributed by atoms with Crippen LogP contribution >= 0.6 is 11.3 Å². The molecule has 1 saturated carbocycles. The minimum Gasteiger partial charge on any atom is -0.271 e. The Labute approximate surface area is 123 Å². The second kappa shape index (κ2) is 4.95. The van der Waals surface area contributed by atoms with Crippen LogP contribution < -0.4 is 11.3 Å². The average Bonchev–Trinajstić information content (AvgIpc) is 3.00. The minimum absolute atomic E-state index is 0.372. The fourth-order valence-corrected chi connectivity index (χ4v) is 4.69. The van der Waals surface area contributed by atoms with Crippen LogP contribution in [-0.4, -0.2) is 11.0 Å². The van der Waals surface area contributed by atoms with Crippen molar-refractivity contribution >= 4 is 11.3 Å². The predicted molar refractivity (Wildman–Crippen MR) is 81.4 cm³/mol. The molecule has 4 unspecified atom stereocenters. The molecule has 1 aromatic carbocycles. The van der Waals surface area contributed by atoms with E-state index in [-0.39, 0.29) is 0 Å². The van der Waals surface area contributed by atoms with Crippen LogP contribution in [0.4, 0.5) is 0 Å². The number of benzene rings is 1. The highest BCUT2D eigenvalue weighted by atomic mass is 32.1. The first-order valence-electron chi connectivity index (χ1n) is 7.30. The van der Waals surface area contributed by atoms with Gasteiger partial charge in [0.15, 0.2) is 0 Å². The van der Waals surface area contributed by atoms with E-state index < -0.39 is 0 Å². The van der Waals surface area contributed by atoms with Crippen LogP contribution in [0.1, 0.15) is 28.3 Å². The second-order valence-corrected chi connectivity index (χ2v) is 6.92. The summed E-state index contributed by atoms with van der Waals surface area (Å²) in [6, 6.07) is 9.30. The number of nitrogens with one attached hydrogen (secondary N) is 1. The number of rotatable bonds is 4. The minimum atomic E-state index is 0.372. The van der Waals surface area contributed by atoms with Crippen LogP contribution in [0.15, 0.2) is 36.0 Å². The molecule has 104 valence electrons. The molecule has 0 saturated heterocycles. The molecular weight excluding hydrogens is 266 g/mol.